The predicted octanol–water partition coefficient (Wildman–Crippen LogP) is 1.72. The highest BCUT2D eigenvalue weighted by atomic mass is 19.4. The van der Waals surface area contributed by atoms with Crippen LogP contribution in [0.2, 0.25) is 0 Å². The van der Waals surface area contributed by atoms with Gasteiger partial charge in [-0.15, -0.1) is 0 Å². The summed E-state index contributed by atoms with van der Waals surface area (Å²) in [5.41, 5.74) is -0.380. The van der Waals surface area contributed by atoms with Gasteiger partial charge in [-0.05, 0) is 12.1 Å². The first kappa shape index (κ1) is 16.4. The van der Waals surface area contributed by atoms with Crippen molar-refractivity contribution in [2.45, 2.75) is 6.18 Å². The molecule has 0 aromatic heterocycles. The average molecular weight is 280 g/mol. The molecule has 19 heavy (non-hydrogen) atoms. The number of halogens is 3. The summed E-state index contributed by atoms with van der Waals surface area (Å²) in [6, 6.07) is 5.48. The fourth-order valence-corrected chi connectivity index (χ4v) is 0.856. The van der Waals surface area contributed by atoms with Crippen LogP contribution in [0.4, 0.5) is 13.2 Å². The lowest BCUT2D eigenvalue weighted by Gasteiger charge is -1.98. The van der Waals surface area contributed by atoms with Crippen LogP contribution in [0.1, 0.15) is 20.7 Å². The van der Waals surface area contributed by atoms with Gasteiger partial charge in [-0.25, -0.2) is 14.4 Å². The summed E-state index contributed by atoms with van der Waals surface area (Å²) in [5.74, 6) is -5.21. The van der Waals surface area contributed by atoms with Crippen molar-refractivity contribution in [1.82, 2.24) is 0 Å². The fourth-order valence-electron chi connectivity index (χ4n) is 0.856. The Morgan fingerprint density at radius 3 is 1.26 bits per heavy atom. The van der Waals surface area contributed by atoms with Crippen molar-refractivity contribution in [3.05, 3.63) is 35.4 Å². The third-order valence-electron chi connectivity index (χ3n) is 1.63. The van der Waals surface area contributed by atoms with E-state index in [1.807, 2.05) is 0 Å². The normalized spacial score (nSPS) is 10.1. The van der Waals surface area contributed by atoms with Gasteiger partial charge in [0.25, 0.3) is 0 Å². The number of alkyl halides is 3. The Morgan fingerprint density at radius 1 is 0.842 bits per heavy atom. The zero-order valence-corrected chi connectivity index (χ0v) is 9.01. The van der Waals surface area contributed by atoms with Crippen LogP contribution in [0.25, 0.3) is 0 Å². The van der Waals surface area contributed by atoms with Crippen molar-refractivity contribution in [3.63, 3.8) is 0 Å². The molecule has 104 valence electrons. The maximum Gasteiger partial charge on any atom is 0.490 e. The summed E-state index contributed by atoms with van der Waals surface area (Å²) in [4.78, 5) is 29.8. The number of benzene rings is 1. The third kappa shape index (κ3) is 5.52. The van der Waals surface area contributed by atoms with Crippen molar-refractivity contribution in [2.24, 2.45) is 0 Å². The second kappa shape index (κ2) is 6.38. The number of rotatable bonds is 2. The molecule has 0 bridgehead atoms. The molecule has 0 atom stereocenters. The number of hydrogen-bond acceptors (Lipinski definition) is 3. The molecule has 0 aliphatic carbocycles. The van der Waals surface area contributed by atoms with Gasteiger partial charge in [0.2, 0.25) is 0 Å². The van der Waals surface area contributed by atoms with E-state index in [0.29, 0.717) is 0 Å². The van der Waals surface area contributed by atoms with Gasteiger partial charge in [0.1, 0.15) is 0 Å². The van der Waals surface area contributed by atoms with Crippen LogP contribution < -0.4 is 0 Å². The fraction of sp³-hybridized carbons (Fsp3) is 0.100. The van der Waals surface area contributed by atoms with Gasteiger partial charge in [0.05, 0.1) is 11.1 Å². The molecular formula is C10H7F3O6. The molecule has 0 spiro atoms. The Bertz CT molecular complexity index is 461. The number of carboxylic acids is 3. The Kier molecular flexibility index (Phi) is 5.51. The minimum Gasteiger partial charge on any atom is -0.478 e. The topological polar surface area (TPSA) is 112 Å². The molecule has 0 aliphatic rings. The van der Waals surface area contributed by atoms with E-state index < -0.39 is 24.1 Å². The average Bonchev–Trinajstić information content (AvgIpc) is 2.28. The SMILES string of the molecule is O=C(O)C(F)(F)F.O=C(O)c1ccccc1C(=O)O. The van der Waals surface area contributed by atoms with Crippen molar-refractivity contribution in [1.29, 1.82) is 0 Å². The van der Waals surface area contributed by atoms with Gasteiger partial charge in [-0.1, -0.05) is 12.1 Å². The van der Waals surface area contributed by atoms with E-state index in [-0.39, 0.29) is 11.1 Å². The van der Waals surface area contributed by atoms with E-state index in [4.69, 9.17) is 20.1 Å². The van der Waals surface area contributed by atoms with Crippen LogP contribution in [0.5, 0.6) is 0 Å². The summed E-state index contributed by atoms with van der Waals surface area (Å²) in [6.45, 7) is 0. The Labute approximate surface area is 103 Å². The molecule has 0 amide bonds. The van der Waals surface area contributed by atoms with Crippen LogP contribution in [0.15, 0.2) is 24.3 Å². The first-order valence-electron chi connectivity index (χ1n) is 4.43. The number of carboxylic acid groups (broad SMARTS) is 3. The van der Waals surface area contributed by atoms with Crippen molar-refractivity contribution < 1.29 is 42.9 Å². The molecule has 0 saturated heterocycles. The summed E-state index contributed by atoms with van der Waals surface area (Å²) in [7, 11) is 0. The Morgan fingerprint density at radius 2 is 1.11 bits per heavy atom. The van der Waals surface area contributed by atoms with Gasteiger partial charge in [-0.2, -0.15) is 13.2 Å². The van der Waals surface area contributed by atoms with E-state index in [9.17, 15) is 22.8 Å². The molecule has 0 heterocycles. The number of aliphatic carboxylic acids is 1. The lowest BCUT2D eigenvalue weighted by Crippen LogP contribution is -2.21. The van der Waals surface area contributed by atoms with E-state index in [0.717, 1.165) is 0 Å². The highest BCUT2D eigenvalue weighted by Crippen LogP contribution is 2.13. The molecule has 9 heteroatoms. The predicted molar refractivity (Wildman–Crippen MR) is 54.1 cm³/mol. The smallest absolute Gasteiger partial charge is 0.478 e. The van der Waals surface area contributed by atoms with Crippen molar-refractivity contribution in [3.8, 4) is 0 Å². The first-order chi connectivity index (χ1) is 8.57. The van der Waals surface area contributed by atoms with E-state index >= 15 is 0 Å². The Hall–Kier alpha value is -2.58. The van der Waals surface area contributed by atoms with Crippen LogP contribution >= 0.6 is 0 Å². The first-order valence-corrected chi connectivity index (χ1v) is 4.43. The molecule has 1 rings (SSSR count). The lowest BCUT2D eigenvalue weighted by atomic mass is 10.1. The van der Waals surface area contributed by atoms with Crippen LogP contribution in [-0.4, -0.2) is 39.4 Å². The van der Waals surface area contributed by atoms with E-state index in [2.05, 4.69) is 0 Å². The lowest BCUT2D eigenvalue weighted by molar-refractivity contribution is -0.192. The minimum atomic E-state index is -5.08. The monoisotopic (exact) mass is 280 g/mol. The van der Waals surface area contributed by atoms with E-state index in [1.54, 1.807) is 0 Å². The van der Waals surface area contributed by atoms with Crippen LogP contribution in [-0.2, 0) is 4.79 Å². The van der Waals surface area contributed by atoms with Gasteiger partial charge in [0.15, 0.2) is 0 Å². The highest BCUT2D eigenvalue weighted by molar-refractivity contribution is 6.01. The molecule has 1 aromatic rings. The summed E-state index contributed by atoms with van der Waals surface area (Å²) in [5, 5.41) is 24.2. The minimum absolute atomic E-state index is 0.190. The van der Waals surface area contributed by atoms with Gasteiger partial charge >= 0.3 is 24.1 Å². The molecule has 0 saturated carbocycles. The van der Waals surface area contributed by atoms with Crippen LogP contribution in [0, 0.1) is 0 Å². The second-order valence-electron chi connectivity index (χ2n) is 2.96. The van der Waals surface area contributed by atoms with Gasteiger partial charge in [0, 0.05) is 0 Å². The summed E-state index contributed by atoms with van der Waals surface area (Å²) >= 11 is 0. The van der Waals surface area contributed by atoms with Crippen molar-refractivity contribution in [2.75, 3.05) is 0 Å². The summed E-state index contributed by atoms with van der Waals surface area (Å²) < 4.78 is 31.7. The molecule has 3 N–H and O–H groups in total. The van der Waals surface area contributed by atoms with Gasteiger partial charge < -0.3 is 15.3 Å². The molecule has 0 aliphatic heterocycles. The standard InChI is InChI=1S/C8H6O4.C2HF3O2/c9-7(10)5-3-1-2-4-6(5)8(11)12;3-2(4,5)1(6)7/h1-4H,(H,9,10)(H,11,12);(H,6,7). The number of hydrogen-bond donors (Lipinski definition) is 3. The molecule has 6 nitrogen and oxygen atoms in total. The summed E-state index contributed by atoms with van der Waals surface area (Å²) in [6.07, 6.45) is -5.08. The largest absolute Gasteiger partial charge is 0.490 e. The highest BCUT2D eigenvalue weighted by Gasteiger charge is 2.38. The molecule has 0 unspecified atom stereocenters. The number of aromatic carboxylic acids is 2. The van der Waals surface area contributed by atoms with Crippen LogP contribution in [0.3, 0.4) is 0 Å². The molecule has 1 aromatic carbocycles. The van der Waals surface area contributed by atoms with Crippen molar-refractivity contribution >= 4 is 17.9 Å². The molecule has 0 fully saturated rings. The maximum atomic E-state index is 10.6. The second-order valence-corrected chi connectivity index (χ2v) is 2.96. The third-order valence-corrected chi connectivity index (χ3v) is 1.63. The quantitative estimate of drug-likeness (QED) is 0.760. The van der Waals surface area contributed by atoms with Gasteiger partial charge in [-0.3, -0.25) is 0 Å². The van der Waals surface area contributed by atoms with E-state index in [1.165, 1.54) is 24.3 Å². The maximum absolute atomic E-state index is 10.6. The zero-order valence-electron chi connectivity index (χ0n) is 9.01. The number of carbonyl (C=O) groups is 3. The molecule has 0 radical (unpaired) electrons. The molecular weight excluding hydrogens is 273 g/mol. The zero-order chi connectivity index (χ0) is 15.2. The Balaban J connectivity index is 0.000000399.